The number of nitrogens with zero attached hydrogens (tertiary/aromatic N) is 1. The molecule has 3 amide bonds. The SMILES string of the molecule is NC(=O)C1CCCN(Cc2ccc(NC(=O)CNC(=O)c3c[nH]c4ccccc4c3=O)cc2)C1. The maximum Gasteiger partial charge on any atom is 0.257 e. The Hall–Kier alpha value is -3.98. The number of aromatic amines is 1. The van der Waals surface area contributed by atoms with E-state index in [4.69, 9.17) is 5.73 Å². The molecule has 1 atom stereocenters. The highest BCUT2D eigenvalue weighted by Gasteiger charge is 2.23. The molecule has 9 heteroatoms. The molecule has 34 heavy (non-hydrogen) atoms. The summed E-state index contributed by atoms with van der Waals surface area (Å²) < 4.78 is 0. The van der Waals surface area contributed by atoms with Crippen LogP contribution in [0.4, 0.5) is 5.69 Å². The van der Waals surface area contributed by atoms with Crippen molar-refractivity contribution < 1.29 is 14.4 Å². The fourth-order valence-corrected chi connectivity index (χ4v) is 4.18. The van der Waals surface area contributed by atoms with Gasteiger partial charge in [0.05, 0.1) is 12.5 Å². The lowest BCUT2D eigenvalue weighted by atomic mass is 9.97. The minimum absolute atomic E-state index is 0.0489. The van der Waals surface area contributed by atoms with E-state index in [-0.39, 0.29) is 23.9 Å². The Bertz CT molecular complexity index is 1270. The molecule has 4 rings (SSSR count). The Kier molecular flexibility index (Phi) is 7.03. The number of piperidine rings is 1. The first-order chi connectivity index (χ1) is 16.4. The second-order valence-corrected chi connectivity index (χ2v) is 8.48. The topological polar surface area (TPSA) is 137 Å². The molecule has 5 N–H and O–H groups in total. The number of anilines is 1. The van der Waals surface area contributed by atoms with Crippen LogP contribution in [0.1, 0.15) is 28.8 Å². The molecule has 2 aromatic carbocycles. The van der Waals surface area contributed by atoms with E-state index in [9.17, 15) is 19.2 Å². The van der Waals surface area contributed by atoms with Crippen LogP contribution in [0.15, 0.2) is 59.5 Å². The Morgan fingerprint density at radius 2 is 1.85 bits per heavy atom. The number of pyridine rings is 1. The van der Waals surface area contributed by atoms with Crippen molar-refractivity contribution >= 4 is 34.3 Å². The van der Waals surface area contributed by atoms with Crippen LogP contribution in [0, 0.1) is 5.92 Å². The highest BCUT2D eigenvalue weighted by molar-refractivity contribution is 6.00. The molecule has 0 spiro atoms. The van der Waals surface area contributed by atoms with E-state index >= 15 is 0 Å². The third kappa shape index (κ3) is 5.49. The number of para-hydroxylation sites is 1. The van der Waals surface area contributed by atoms with E-state index in [0.29, 0.717) is 29.7 Å². The third-order valence-electron chi connectivity index (χ3n) is 5.99. The van der Waals surface area contributed by atoms with E-state index in [1.165, 1.54) is 6.20 Å². The maximum atomic E-state index is 12.5. The fraction of sp³-hybridized carbons (Fsp3) is 0.280. The monoisotopic (exact) mass is 461 g/mol. The lowest BCUT2D eigenvalue weighted by Gasteiger charge is -2.31. The number of carbonyl (C=O) groups excluding carboxylic acids is 3. The number of nitrogens with two attached hydrogens (primary N) is 1. The van der Waals surface area contributed by atoms with Crippen LogP contribution in [0.5, 0.6) is 0 Å². The first-order valence-corrected chi connectivity index (χ1v) is 11.2. The molecule has 0 aliphatic carbocycles. The molecule has 2 heterocycles. The van der Waals surface area contributed by atoms with Gasteiger partial charge in [0.1, 0.15) is 5.56 Å². The van der Waals surface area contributed by atoms with Gasteiger partial charge in [-0.2, -0.15) is 0 Å². The predicted molar refractivity (Wildman–Crippen MR) is 129 cm³/mol. The summed E-state index contributed by atoms with van der Waals surface area (Å²) in [6.45, 7) is 2.01. The number of amides is 3. The Morgan fingerprint density at radius 3 is 2.62 bits per heavy atom. The molecule has 1 aromatic heterocycles. The van der Waals surface area contributed by atoms with Crippen molar-refractivity contribution in [2.24, 2.45) is 11.7 Å². The molecule has 0 bridgehead atoms. The molecule has 1 unspecified atom stereocenters. The van der Waals surface area contributed by atoms with Crippen molar-refractivity contribution in [2.75, 3.05) is 25.0 Å². The molecular formula is C25H27N5O4. The Labute approximate surface area is 196 Å². The highest BCUT2D eigenvalue weighted by atomic mass is 16.2. The van der Waals surface area contributed by atoms with Crippen LogP contribution in [-0.4, -0.2) is 47.2 Å². The summed E-state index contributed by atoms with van der Waals surface area (Å²) in [6, 6.07) is 14.3. The van der Waals surface area contributed by atoms with Crippen LogP contribution in [0.2, 0.25) is 0 Å². The van der Waals surface area contributed by atoms with E-state index < -0.39 is 17.2 Å². The van der Waals surface area contributed by atoms with E-state index in [2.05, 4.69) is 20.5 Å². The molecule has 1 fully saturated rings. The zero-order valence-corrected chi connectivity index (χ0v) is 18.7. The second kappa shape index (κ2) is 10.3. The molecule has 3 aromatic rings. The van der Waals surface area contributed by atoms with Crippen LogP contribution >= 0.6 is 0 Å². The number of carbonyl (C=O) groups is 3. The third-order valence-corrected chi connectivity index (χ3v) is 5.99. The average Bonchev–Trinajstić information content (AvgIpc) is 2.84. The predicted octanol–water partition coefficient (Wildman–Crippen LogP) is 1.59. The van der Waals surface area contributed by atoms with Crippen LogP contribution in [0.25, 0.3) is 10.9 Å². The Balaban J connectivity index is 1.29. The maximum absolute atomic E-state index is 12.5. The molecule has 0 saturated carbocycles. The summed E-state index contributed by atoms with van der Waals surface area (Å²) >= 11 is 0. The molecule has 0 radical (unpaired) electrons. The summed E-state index contributed by atoms with van der Waals surface area (Å²) in [5.41, 5.74) is 7.30. The van der Waals surface area contributed by atoms with Crippen LogP contribution in [-0.2, 0) is 16.1 Å². The van der Waals surface area contributed by atoms with Gasteiger partial charge in [-0.3, -0.25) is 24.1 Å². The van der Waals surface area contributed by atoms with Gasteiger partial charge in [0.2, 0.25) is 17.2 Å². The molecule has 9 nitrogen and oxygen atoms in total. The normalized spacial score (nSPS) is 16.2. The van der Waals surface area contributed by atoms with Crippen molar-refractivity contribution in [3.8, 4) is 0 Å². The number of aromatic nitrogens is 1. The highest BCUT2D eigenvalue weighted by Crippen LogP contribution is 2.19. The van der Waals surface area contributed by atoms with Crippen molar-refractivity contribution in [1.82, 2.24) is 15.2 Å². The van der Waals surface area contributed by atoms with E-state index in [1.54, 1.807) is 36.4 Å². The first-order valence-electron chi connectivity index (χ1n) is 11.2. The number of likely N-dealkylation sites (tertiary alicyclic amines) is 1. The molecule has 1 saturated heterocycles. The lowest BCUT2D eigenvalue weighted by molar-refractivity contribution is -0.123. The molecule has 176 valence electrons. The largest absolute Gasteiger partial charge is 0.369 e. The molecule has 1 aliphatic heterocycles. The van der Waals surface area contributed by atoms with Gasteiger partial charge in [0, 0.05) is 35.9 Å². The smallest absolute Gasteiger partial charge is 0.257 e. The standard InChI is InChI=1S/C25H27N5O4/c26-24(33)17-4-3-11-30(15-17)14-16-7-9-18(10-8-16)29-22(31)13-28-25(34)20-12-27-21-6-2-1-5-19(21)23(20)32/h1-2,5-10,12,17H,3-4,11,13-15H2,(H2,26,33)(H,27,32)(H,28,34)(H,29,31). The number of H-pyrrole nitrogens is 1. The average molecular weight is 462 g/mol. The van der Waals surface area contributed by atoms with Crippen molar-refractivity contribution in [3.05, 3.63) is 76.1 Å². The Morgan fingerprint density at radius 1 is 1.09 bits per heavy atom. The minimum Gasteiger partial charge on any atom is -0.369 e. The number of fused-ring (bicyclic) bond motifs is 1. The van der Waals surface area contributed by atoms with Crippen LogP contribution < -0.4 is 21.8 Å². The number of hydrogen-bond donors (Lipinski definition) is 4. The van der Waals surface area contributed by atoms with Gasteiger partial charge in [0.25, 0.3) is 5.91 Å². The number of rotatable bonds is 7. The van der Waals surface area contributed by atoms with Crippen molar-refractivity contribution in [2.45, 2.75) is 19.4 Å². The van der Waals surface area contributed by atoms with E-state index in [1.807, 2.05) is 12.1 Å². The molecule has 1 aliphatic rings. The number of hydrogen-bond acceptors (Lipinski definition) is 5. The summed E-state index contributed by atoms with van der Waals surface area (Å²) in [7, 11) is 0. The quantitative estimate of drug-likeness (QED) is 0.423. The van der Waals surface area contributed by atoms with Gasteiger partial charge >= 0.3 is 0 Å². The molecular weight excluding hydrogens is 434 g/mol. The minimum atomic E-state index is -0.617. The van der Waals surface area contributed by atoms with Crippen LogP contribution in [0.3, 0.4) is 0 Å². The van der Waals surface area contributed by atoms with Gasteiger partial charge in [-0.05, 0) is 49.2 Å². The summed E-state index contributed by atoms with van der Waals surface area (Å²) in [5, 5.41) is 5.63. The van der Waals surface area contributed by atoms with Crippen molar-refractivity contribution in [1.29, 1.82) is 0 Å². The van der Waals surface area contributed by atoms with Gasteiger partial charge in [-0.15, -0.1) is 0 Å². The van der Waals surface area contributed by atoms with Crippen molar-refractivity contribution in [3.63, 3.8) is 0 Å². The number of primary amides is 1. The summed E-state index contributed by atoms with van der Waals surface area (Å²) in [4.78, 5) is 53.8. The van der Waals surface area contributed by atoms with E-state index in [0.717, 1.165) is 24.9 Å². The summed E-state index contributed by atoms with van der Waals surface area (Å²) in [5.74, 6) is -1.38. The first kappa shape index (κ1) is 23.2. The summed E-state index contributed by atoms with van der Waals surface area (Å²) in [6.07, 6.45) is 3.13. The lowest BCUT2D eigenvalue weighted by Crippen LogP contribution is -2.40. The number of nitrogens with one attached hydrogen (secondary N) is 3. The second-order valence-electron chi connectivity index (χ2n) is 8.48. The zero-order chi connectivity index (χ0) is 24.1. The van der Waals surface area contributed by atoms with Gasteiger partial charge < -0.3 is 21.4 Å². The fourth-order valence-electron chi connectivity index (χ4n) is 4.18. The zero-order valence-electron chi connectivity index (χ0n) is 18.7. The number of benzene rings is 2. The van der Waals surface area contributed by atoms with Gasteiger partial charge in [-0.25, -0.2) is 0 Å². The van der Waals surface area contributed by atoms with Gasteiger partial charge in [0.15, 0.2) is 0 Å². The van der Waals surface area contributed by atoms with Gasteiger partial charge in [-0.1, -0.05) is 24.3 Å².